The number of ether oxygens (including phenoxy) is 3. The number of benzene rings is 1. The van der Waals surface area contributed by atoms with Crippen molar-refractivity contribution in [2.75, 3.05) is 0 Å². The smallest absolute Gasteiger partial charge is 0.326 e. The maximum Gasteiger partial charge on any atom is 0.326 e. The van der Waals surface area contributed by atoms with E-state index in [0.29, 0.717) is 29.7 Å². The van der Waals surface area contributed by atoms with Crippen LogP contribution >= 0.6 is 0 Å². The number of hydrogen-bond acceptors (Lipinski definition) is 9. The van der Waals surface area contributed by atoms with E-state index in [1.54, 1.807) is 0 Å². The summed E-state index contributed by atoms with van der Waals surface area (Å²) in [5, 5.41) is 30.2. The van der Waals surface area contributed by atoms with Crippen LogP contribution in [0.4, 0.5) is 0 Å². The Labute approximate surface area is 255 Å². The van der Waals surface area contributed by atoms with E-state index in [1.807, 2.05) is 13.8 Å². The lowest BCUT2D eigenvalue weighted by Gasteiger charge is -2.65. The van der Waals surface area contributed by atoms with Gasteiger partial charge in [-0.15, -0.1) is 0 Å². The molecule has 0 radical (unpaired) electrons. The number of nitrogens with zero attached hydrogens (tertiary/aromatic N) is 1. The largest absolute Gasteiger partial charge is 0.508 e. The van der Waals surface area contributed by atoms with Gasteiger partial charge in [0.2, 0.25) is 0 Å². The van der Waals surface area contributed by atoms with Gasteiger partial charge in [0, 0.05) is 48.6 Å². The summed E-state index contributed by atoms with van der Waals surface area (Å²) < 4.78 is 18.6. The van der Waals surface area contributed by atoms with E-state index in [-0.39, 0.29) is 36.1 Å². The maximum atomic E-state index is 13.5. The number of carbonyl (C=O) groups excluding carboxylic acids is 3. The molecule has 3 N–H and O–H groups in total. The standard InChI is InChI=1S/C32H41NO11/c1-15-7-9-24-30(4,5)27(43-17(3)35)23(42-16(2)34)13-31(24,6)32(15)12-19-22(36)11-18-20(26(19)44-32)14-33(28(18)39)21(29(40)41)8-10-25(37)38/h11,15,21,23-24,27,36H,7-10,12-14H2,1-6H3,(H,37,38)(H,40,41). The minimum Gasteiger partial charge on any atom is -0.508 e. The Morgan fingerprint density at radius 1 is 1.07 bits per heavy atom. The predicted octanol–water partition coefficient (Wildman–Crippen LogP) is 3.69. The van der Waals surface area contributed by atoms with Crippen molar-refractivity contribution in [1.82, 2.24) is 4.90 Å². The van der Waals surface area contributed by atoms with Crippen LogP contribution < -0.4 is 4.74 Å². The average Bonchev–Trinajstić information content (AvgIpc) is 3.45. The van der Waals surface area contributed by atoms with E-state index < -0.39 is 70.9 Å². The Kier molecular flexibility index (Phi) is 7.65. The van der Waals surface area contributed by atoms with Crippen LogP contribution in [0.2, 0.25) is 0 Å². The Balaban J connectivity index is 1.57. The molecular formula is C32H41NO11. The summed E-state index contributed by atoms with van der Waals surface area (Å²) in [5.41, 5.74) is -1.05. The average molecular weight is 616 g/mol. The topological polar surface area (TPSA) is 177 Å². The highest BCUT2D eigenvalue weighted by molar-refractivity contribution is 6.02. The third kappa shape index (κ3) is 4.68. The highest BCUT2D eigenvalue weighted by Crippen LogP contribution is 2.68. The summed E-state index contributed by atoms with van der Waals surface area (Å²) in [6, 6.07) is -0.0117. The van der Waals surface area contributed by atoms with Gasteiger partial charge in [-0.2, -0.15) is 0 Å². The summed E-state index contributed by atoms with van der Waals surface area (Å²) in [5.74, 6) is -3.92. The molecule has 2 aliphatic carbocycles. The monoisotopic (exact) mass is 615 g/mol. The highest BCUT2D eigenvalue weighted by atomic mass is 16.6. The summed E-state index contributed by atoms with van der Waals surface area (Å²) in [7, 11) is 0. The summed E-state index contributed by atoms with van der Waals surface area (Å²) in [4.78, 5) is 62.3. The molecule has 2 aliphatic heterocycles. The second kappa shape index (κ2) is 10.7. The Morgan fingerprint density at radius 2 is 1.73 bits per heavy atom. The first kappa shape index (κ1) is 31.6. The molecule has 0 aromatic heterocycles. The third-order valence-corrected chi connectivity index (χ3v) is 10.9. The van der Waals surface area contributed by atoms with Gasteiger partial charge in [-0.3, -0.25) is 19.2 Å². The van der Waals surface area contributed by atoms with Gasteiger partial charge in [0.1, 0.15) is 35.3 Å². The fourth-order valence-corrected chi connectivity index (χ4v) is 9.03. The van der Waals surface area contributed by atoms with Crippen molar-refractivity contribution in [3.05, 3.63) is 22.8 Å². The molecule has 1 spiro atoms. The van der Waals surface area contributed by atoms with E-state index in [4.69, 9.17) is 19.3 Å². The molecule has 0 bridgehead atoms. The zero-order valence-corrected chi connectivity index (χ0v) is 26.0. The molecule has 7 atom stereocenters. The molecule has 0 saturated heterocycles. The van der Waals surface area contributed by atoms with Crippen molar-refractivity contribution in [2.45, 2.75) is 110 Å². The lowest BCUT2D eigenvalue weighted by Crippen LogP contribution is -2.70. The molecule has 12 nitrogen and oxygen atoms in total. The second-order valence-corrected chi connectivity index (χ2v) is 13.8. The lowest BCUT2D eigenvalue weighted by molar-refractivity contribution is -0.251. The molecule has 5 rings (SSSR count). The van der Waals surface area contributed by atoms with Crippen molar-refractivity contribution in [3.8, 4) is 11.5 Å². The van der Waals surface area contributed by atoms with E-state index in [2.05, 4.69) is 13.8 Å². The van der Waals surface area contributed by atoms with Crippen molar-refractivity contribution in [1.29, 1.82) is 0 Å². The quantitative estimate of drug-likeness (QED) is 0.381. The third-order valence-electron chi connectivity index (χ3n) is 10.9. The first-order valence-electron chi connectivity index (χ1n) is 15.1. The molecule has 12 heteroatoms. The van der Waals surface area contributed by atoms with Crippen LogP contribution in [-0.2, 0) is 41.6 Å². The Bertz CT molecular complexity index is 1440. The number of aromatic hydroxyl groups is 1. The van der Waals surface area contributed by atoms with E-state index in [1.165, 1.54) is 19.9 Å². The minimum atomic E-state index is -1.36. The molecule has 4 aliphatic rings. The van der Waals surface area contributed by atoms with Crippen LogP contribution in [0, 0.1) is 22.7 Å². The maximum absolute atomic E-state index is 13.5. The van der Waals surface area contributed by atoms with Crippen LogP contribution in [0.15, 0.2) is 6.07 Å². The van der Waals surface area contributed by atoms with Gasteiger partial charge < -0.3 is 34.4 Å². The predicted molar refractivity (Wildman–Crippen MR) is 153 cm³/mol. The molecule has 44 heavy (non-hydrogen) atoms. The fourth-order valence-electron chi connectivity index (χ4n) is 9.03. The first-order valence-corrected chi connectivity index (χ1v) is 15.1. The Morgan fingerprint density at radius 3 is 2.32 bits per heavy atom. The molecule has 240 valence electrons. The number of rotatable bonds is 7. The number of carboxylic acids is 2. The van der Waals surface area contributed by atoms with Gasteiger partial charge in [0.25, 0.3) is 5.91 Å². The van der Waals surface area contributed by atoms with Gasteiger partial charge in [0.15, 0.2) is 0 Å². The van der Waals surface area contributed by atoms with Gasteiger partial charge in [-0.25, -0.2) is 4.79 Å². The van der Waals surface area contributed by atoms with E-state index in [9.17, 15) is 34.2 Å². The highest BCUT2D eigenvalue weighted by Gasteiger charge is 2.70. The van der Waals surface area contributed by atoms with Gasteiger partial charge in [-0.05, 0) is 43.6 Å². The van der Waals surface area contributed by atoms with Crippen molar-refractivity contribution < 1.29 is 53.5 Å². The van der Waals surface area contributed by atoms with Crippen LogP contribution in [0.5, 0.6) is 11.5 Å². The Hall–Kier alpha value is -3.83. The van der Waals surface area contributed by atoms with Crippen molar-refractivity contribution in [2.24, 2.45) is 22.7 Å². The number of hydrogen-bond donors (Lipinski definition) is 3. The van der Waals surface area contributed by atoms with Crippen LogP contribution in [0.1, 0.15) is 95.1 Å². The SMILES string of the molecule is CC(=O)OC1CC2(C)C(CCC(C)C23Cc2c(O)cc4c(c2O3)CN(C(CCC(=O)O)C(=O)O)C4=O)C(C)(C)C1OC(C)=O. The summed E-state index contributed by atoms with van der Waals surface area (Å²) in [6.07, 6.45) is 0.0985. The van der Waals surface area contributed by atoms with Crippen LogP contribution in [-0.4, -0.2) is 73.9 Å². The number of phenolic OH excluding ortho intramolecular Hbond substituents is 1. The van der Waals surface area contributed by atoms with E-state index in [0.717, 1.165) is 17.7 Å². The number of carbonyl (C=O) groups is 5. The zero-order valence-electron chi connectivity index (χ0n) is 26.0. The second-order valence-electron chi connectivity index (χ2n) is 13.8. The van der Waals surface area contributed by atoms with Crippen molar-refractivity contribution >= 4 is 29.8 Å². The normalized spacial score (nSPS) is 32.2. The minimum absolute atomic E-state index is 0.0270. The fraction of sp³-hybridized carbons (Fsp3) is 0.656. The summed E-state index contributed by atoms with van der Waals surface area (Å²) in [6.45, 7) is 10.8. The molecule has 7 unspecified atom stereocenters. The molecule has 1 aromatic carbocycles. The lowest BCUT2D eigenvalue weighted by atomic mass is 9.43. The number of phenols is 1. The van der Waals surface area contributed by atoms with Crippen molar-refractivity contribution in [3.63, 3.8) is 0 Å². The number of aliphatic carboxylic acids is 2. The van der Waals surface area contributed by atoms with Gasteiger partial charge in [-0.1, -0.05) is 27.7 Å². The molecule has 1 aromatic rings. The van der Waals surface area contributed by atoms with Gasteiger partial charge >= 0.3 is 23.9 Å². The van der Waals surface area contributed by atoms with Crippen LogP contribution in [0.3, 0.4) is 0 Å². The van der Waals surface area contributed by atoms with E-state index >= 15 is 0 Å². The number of carboxylic acid groups (broad SMARTS) is 2. The number of amides is 1. The molecular weight excluding hydrogens is 574 g/mol. The molecule has 1 amide bonds. The molecule has 2 saturated carbocycles. The molecule has 2 fully saturated rings. The molecule has 2 heterocycles. The van der Waals surface area contributed by atoms with Crippen LogP contribution in [0.25, 0.3) is 0 Å². The zero-order chi connectivity index (χ0) is 32.5. The first-order chi connectivity index (χ1) is 20.4. The number of fused-ring (bicyclic) bond motifs is 5. The summed E-state index contributed by atoms with van der Waals surface area (Å²) >= 11 is 0. The number of esters is 2. The van der Waals surface area contributed by atoms with Gasteiger partial charge in [0.05, 0.1) is 12.1 Å².